The van der Waals surface area contributed by atoms with Gasteiger partial charge in [0.25, 0.3) is 0 Å². The molecular weight excluding hydrogens is 450 g/mol. The van der Waals surface area contributed by atoms with Crippen LogP contribution in [0.5, 0.6) is 0 Å². The van der Waals surface area contributed by atoms with Crippen molar-refractivity contribution in [1.82, 2.24) is 0 Å². The van der Waals surface area contributed by atoms with Crippen molar-refractivity contribution in [3.63, 3.8) is 0 Å². The van der Waals surface area contributed by atoms with Crippen LogP contribution in [0.3, 0.4) is 0 Å². The lowest BCUT2D eigenvalue weighted by Gasteiger charge is -2.25. The second-order valence-electron chi connectivity index (χ2n) is 8.84. The summed E-state index contributed by atoms with van der Waals surface area (Å²) in [5, 5.41) is 9.61. The van der Waals surface area contributed by atoms with E-state index in [4.69, 9.17) is 0 Å². The van der Waals surface area contributed by atoms with Crippen LogP contribution in [0.1, 0.15) is 60.7 Å². The lowest BCUT2D eigenvalue weighted by Crippen LogP contribution is -2.09. The van der Waals surface area contributed by atoms with Gasteiger partial charge in [-0.05, 0) is 66.4 Å². The molecule has 0 fully saturated rings. The Hall–Kier alpha value is -3.37. The Balaban J connectivity index is 1.59. The van der Waals surface area contributed by atoms with Crippen molar-refractivity contribution in [2.75, 3.05) is 4.90 Å². The first-order chi connectivity index (χ1) is 17.2. The summed E-state index contributed by atoms with van der Waals surface area (Å²) in [6.07, 6.45) is 8.30. The van der Waals surface area contributed by atoms with E-state index in [-0.39, 0.29) is 0 Å². The minimum absolute atomic E-state index is 0.417. The summed E-state index contributed by atoms with van der Waals surface area (Å²) in [6, 6.07) is 31.1. The van der Waals surface area contributed by atoms with Crippen LogP contribution in [0.15, 0.2) is 91.0 Å². The van der Waals surface area contributed by atoms with Crippen molar-refractivity contribution < 1.29 is 9.90 Å². The first kappa shape index (κ1) is 24.7. The van der Waals surface area contributed by atoms with Crippen LogP contribution in [0.2, 0.25) is 0 Å². The molecule has 4 rings (SSSR count). The molecule has 0 atom stereocenters. The Morgan fingerprint density at radius 3 is 1.86 bits per heavy atom. The molecule has 0 aliphatic rings. The summed E-state index contributed by atoms with van der Waals surface area (Å²) in [7, 11) is 0. The van der Waals surface area contributed by atoms with Gasteiger partial charge in [0, 0.05) is 21.9 Å². The van der Waals surface area contributed by atoms with Gasteiger partial charge in [0.15, 0.2) is 0 Å². The van der Waals surface area contributed by atoms with E-state index in [0.29, 0.717) is 4.88 Å². The van der Waals surface area contributed by atoms with E-state index in [1.54, 1.807) is 0 Å². The number of aromatic carboxylic acids is 1. The zero-order chi connectivity index (χ0) is 24.5. The van der Waals surface area contributed by atoms with E-state index in [1.807, 2.05) is 42.5 Å². The van der Waals surface area contributed by atoms with Gasteiger partial charge in [-0.15, -0.1) is 11.3 Å². The number of nitrogens with zero attached hydrogens (tertiary/aromatic N) is 1. The third-order valence-electron chi connectivity index (χ3n) is 6.24. The molecule has 0 bridgehead atoms. The molecule has 3 nitrogen and oxygen atoms in total. The van der Waals surface area contributed by atoms with Crippen molar-refractivity contribution in [3.8, 4) is 10.4 Å². The molecule has 4 aromatic rings. The zero-order valence-corrected chi connectivity index (χ0v) is 21.1. The Bertz CT molecular complexity index is 1160. The van der Waals surface area contributed by atoms with Crippen LogP contribution in [-0.2, 0) is 6.42 Å². The number of carbonyl (C=O) groups is 1. The van der Waals surface area contributed by atoms with Crippen molar-refractivity contribution in [2.45, 2.75) is 51.9 Å². The number of para-hydroxylation sites is 2. The van der Waals surface area contributed by atoms with Crippen LogP contribution in [0.25, 0.3) is 10.4 Å². The summed E-state index contributed by atoms with van der Waals surface area (Å²) in [4.78, 5) is 15.4. The fourth-order valence-electron chi connectivity index (χ4n) is 4.42. The molecule has 3 aromatic carbocycles. The molecule has 1 N–H and O–H groups in total. The van der Waals surface area contributed by atoms with Gasteiger partial charge in [-0.3, -0.25) is 0 Å². The molecule has 0 unspecified atom stereocenters. The molecule has 0 radical (unpaired) electrons. The highest BCUT2D eigenvalue weighted by Gasteiger charge is 2.17. The summed E-state index contributed by atoms with van der Waals surface area (Å²) >= 11 is 1.39. The number of aryl methyl sites for hydroxylation is 1. The van der Waals surface area contributed by atoms with Crippen LogP contribution in [0, 0.1) is 0 Å². The summed E-state index contributed by atoms with van der Waals surface area (Å²) < 4.78 is 0. The topological polar surface area (TPSA) is 40.5 Å². The maximum atomic E-state index is 11.7. The van der Waals surface area contributed by atoms with Gasteiger partial charge >= 0.3 is 5.97 Å². The first-order valence-electron chi connectivity index (χ1n) is 12.5. The second-order valence-corrected chi connectivity index (χ2v) is 9.89. The van der Waals surface area contributed by atoms with Crippen LogP contribution >= 0.6 is 11.3 Å². The van der Waals surface area contributed by atoms with Crippen LogP contribution in [-0.4, -0.2) is 11.1 Å². The molecular formula is C31H33NO2S. The minimum Gasteiger partial charge on any atom is -0.477 e. The lowest BCUT2D eigenvalue weighted by molar-refractivity contribution is 0.0702. The van der Waals surface area contributed by atoms with E-state index >= 15 is 0 Å². The first-order valence-corrected chi connectivity index (χ1v) is 13.4. The van der Waals surface area contributed by atoms with E-state index in [2.05, 4.69) is 60.4 Å². The fraction of sp³-hybridized carbons (Fsp3) is 0.258. The standard InChI is InChI=1S/C31H33NO2S/c1-2-3-4-5-6-9-14-25-23-29(31(33)34)35-30(25)24-19-21-28(22-20-24)32(26-15-10-7-11-16-26)27-17-12-8-13-18-27/h7-8,10-13,15-23H,2-6,9,14H2,1H3,(H,33,34). The molecule has 4 heteroatoms. The highest BCUT2D eigenvalue weighted by atomic mass is 32.1. The number of benzene rings is 3. The number of hydrogen-bond acceptors (Lipinski definition) is 3. The number of anilines is 3. The van der Waals surface area contributed by atoms with E-state index in [9.17, 15) is 9.90 Å². The normalized spacial score (nSPS) is 10.9. The quantitative estimate of drug-likeness (QED) is 0.204. The molecule has 0 spiro atoms. The van der Waals surface area contributed by atoms with Crippen molar-refractivity contribution in [2.24, 2.45) is 0 Å². The monoisotopic (exact) mass is 483 g/mol. The third-order valence-corrected chi connectivity index (χ3v) is 7.45. The van der Waals surface area contributed by atoms with Crippen molar-refractivity contribution >= 4 is 34.4 Å². The maximum absolute atomic E-state index is 11.7. The molecule has 0 saturated carbocycles. The van der Waals surface area contributed by atoms with Gasteiger partial charge < -0.3 is 10.0 Å². The number of rotatable bonds is 12. The molecule has 0 saturated heterocycles. The molecule has 35 heavy (non-hydrogen) atoms. The SMILES string of the molecule is CCCCCCCCc1cc(C(=O)O)sc1-c1ccc(N(c2ccccc2)c2ccccc2)cc1. The zero-order valence-electron chi connectivity index (χ0n) is 20.3. The number of hydrogen-bond donors (Lipinski definition) is 1. The number of unbranched alkanes of at least 4 members (excludes halogenated alkanes) is 5. The molecule has 1 heterocycles. The van der Waals surface area contributed by atoms with Crippen LogP contribution in [0.4, 0.5) is 17.1 Å². The Morgan fingerprint density at radius 1 is 0.743 bits per heavy atom. The Kier molecular flexibility index (Phi) is 8.74. The van der Waals surface area contributed by atoms with Gasteiger partial charge in [0.2, 0.25) is 0 Å². The van der Waals surface area contributed by atoms with Gasteiger partial charge in [-0.1, -0.05) is 87.6 Å². The summed E-state index contributed by atoms with van der Waals surface area (Å²) in [6.45, 7) is 2.23. The van der Waals surface area contributed by atoms with Gasteiger partial charge in [-0.25, -0.2) is 4.79 Å². The van der Waals surface area contributed by atoms with E-state index in [0.717, 1.165) is 45.9 Å². The molecule has 0 aliphatic heterocycles. The molecule has 1 aromatic heterocycles. The third kappa shape index (κ3) is 6.40. The van der Waals surface area contributed by atoms with E-state index in [1.165, 1.54) is 43.4 Å². The highest BCUT2D eigenvalue weighted by molar-refractivity contribution is 7.17. The number of carboxylic acid groups (broad SMARTS) is 1. The second kappa shape index (κ2) is 12.4. The minimum atomic E-state index is -0.846. The van der Waals surface area contributed by atoms with E-state index < -0.39 is 5.97 Å². The average molecular weight is 484 g/mol. The smallest absolute Gasteiger partial charge is 0.345 e. The number of carboxylic acids is 1. The van der Waals surface area contributed by atoms with Gasteiger partial charge in [-0.2, -0.15) is 0 Å². The molecule has 180 valence electrons. The van der Waals surface area contributed by atoms with Crippen molar-refractivity contribution in [1.29, 1.82) is 0 Å². The van der Waals surface area contributed by atoms with Crippen LogP contribution < -0.4 is 4.90 Å². The predicted molar refractivity (Wildman–Crippen MR) is 148 cm³/mol. The molecule has 0 aliphatic carbocycles. The summed E-state index contributed by atoms with van der Waals surface area (Å²) in [5.74, 6) is -0.846. The number of thiophene rings is 1. The fourth-order valence-corrected chi connectivity index (χ4v) is 5.48. The summed E-state index contributed by atoms with van der Waals surface area (Å²) in [5.41, 5.74) is 5.49. The molecule has 0 amide bonds. The highest BCUT2D eigenvalue weighted by Crippen LogP contribution is 2.38. The van der Waals surface area contributed by atoms with Gasteiger partial charge in [0.05, 0.1) is 0 Å². The largest absolute Gasteiger partial charge is 0.477 e. The predicted octanol–water partition coefficient (Wildman–Crippen LogP) is 9.49. The van der Waals surface area contributed by atoms with Gasteiger partial charge in [0.1, 0.15) is 4.88 Å². The maximum Gasteiger partial charge on any atom is 0.345 e. The average Bonchev–Trinajstić information content (AvgIpc) is 3.33. The lowest BCUT2D eigenvalue weighted by atomic mass is 10.0. The Morgan fingerprint density at radius 2 is 1.29 bits per heavy atom. The van der Waals surface area contributed by atoms with Crippen molar-refractivity contribution in [3.05, 3.63) is 101 Å². The Labute approximate surface area is 212 Å².